The predicted octanol–water partition coefficient (Wildman–Crippen LogP) is 3.19. The van der Waals surface area contributed by atoms with Gasteiger partial charge in [0.1, 0.15) is 5.75 Å². The molecule has 1 aromatic carbocycles. The third kappa shape index (κ3) is 3.07. The molecule has 24 heavy (non-hydrogen) atoms. The number of carbonyl (C=O) groups excluding carboxylic acids is 1. The second-order valence-corrected chi connectivity index (χ2v) is 7.76. The van der Waals surface area contributed by atoms with Crippen molar-refractivity contribution < 1.29 is 9.53 Å². The van der Waals surface area contributed by atoms with Crippen LogP contribution in [-0.4, -0.2) is 37.1 Å². The largest absolute Gasteiger partial charge is 0.497 e. The predicted molar refractivity (Wildman–Crippen MR) is 96.9 cm³/mol. The molecular weight excluding hydrogens is 322 g/mol. The zero-order valence-corrected chi connectivity index (χ0v) is 14.8. The number of piperidine rings is 1. The topological polar surface area (TPSA) is 54.5 Å². The van der Waals surface area contributed by atoms with Crippen molar-refractivity contribution >= 4 is 32.6 Å². The average molecular weight is 345 g/mol. The molecule has 0 radical (unpaired) electrons. The van der Waals surface area contributed by atoms with Gasteiger partial charge in [0.25, 0.3) is 0 Å². The van der Waals surface area contributed by atoms with Gasteiger partial charge in [-0.1, -0.05) is 17.8 Å². The number of anilines is 1. The molecule has 0 spiro atoms. The van der Waals surface area contributed by atoms with Crippen LogP contribution in [0.15, 0.2) is 18.2 Å². The van der Waals surface area contributed by atoms with Gasteiger partial charge in [-0.25, -0.2) is 4.98 Å². The van der Waals surface area contributed by atoms with Gasteiger partial charge in [-0.2, -0.15) is 0 Å². The van der Waals surface area contributed by atoms with Crippen molar-refractivity contribution in [1.82, 2.24) is 10.3 Å². The Kier molecular flexibility index (Phi) is 4.31. The van der Waals surface area contributed by atoms with Gasteiger partial charge >= 0.3 is 0 Å². The molecule has 128 valence electrons. The Morgan fingerprint density at radius 2 is 2.21 bits per heavy atom. The summed E-state index contributed by atoms with van der Waals surface area (Å²) in [5, 5.41) is 4.29. The van der Waals surface area contributed by atoms with Crippen LogP contribution in [0.2, 0.25) is 0 Å². The number of nitrogens with zero attached hydrogens (tertiary/aromatic N) is 2. The summed E-state index contributed by atoms with van der Waals surface area (Å²) >= 11 is 1.70. The van der Waals surface area contributed by atoms with E-state index in [0.29, 0.717) is 0 Å². The van der Waals surface area contributed by atoms with Gasteiger partial charge in [0.15, 0.2) is 5.13 Å². The standard InChI is InChI=1S/C18H23N3O2S/c1-23-14-7-8-15-16(10-14)24-18(20-15)21-9-3-6-13(11-21)19-17(22)12-4-2-5-12/h7-8,10,12-13H,2-6,9,11H2,1H3,(H,19,22). The minimum Gasteiger partial charge on any atom is -0.497 e. The maximum Gasteiger partial charge on any atom is 0.223 e. The monoisotopic (exact) mass is 345 g/mol. The van der Waals surface area contributed by atoms with Gasteiger partial charge in [0.05, 0.1) is 17.3 Å². The first-order chi connectivity index (χ1) is 11.7. The van der Waals surface area contributed by atoms with E-state index in [4.69, 9.17) is 9.72 Å². The maximum absolute atomic E-state index is 12.2. The number of ether oxygens (including phenoxy) is 1. The number of thiazole rings is 1. The van der Waals surface area contributed by atoms with Crippen LogP contribution in [0.25, 0.3) is 10.2 Å². The normalized spacial score (nSPS) is 21.5. The summed E-state index contributed by atoms with van der Waals surface area (Å²) in [5.74, 6) is 1.37. The van der Waals surface area contributed by atoms with E-state index >= 15 is 0 Å². The van der Waals surface area contributed by atoms with Crippen molar-refractivity contribution in [2.75, 3.05) is 25.1 Å². The highest BCUT2D eigenvalue weighted by Gasteiger charge is 2.29. The van der Waals surface area contributed by atoms with Gasteiger partial charge in [-0.3, -0.25) is 4.79 Å². The van der Waals surface area contributed by atoms with Crippen LogP contribution >= 0.6 is 11.3 Å². The number of benzene rings is 1. The van der Waals surface area contributed by atoms with Crippen molar-refractivity contribution in [3.8, 4) is 5.75 Å². The Morgan fingerprint density at radius 1 is 1.33 bits per heavy atom. The van der Waals surface area contributed by atoms with Gasteiger partial charge in [0, 0.05) is 25.0 Å². The van der Waals surface area contributed by atoms with Crippen LogP contribution in [0.3, 0.4) is 0 Å². The highest BCUT2D eigenvalue weighted by atomic mass is 32.1. The summed E-state index contributed by atoms with van der Waals surface area (Å²) in [7, 11) is 1.68. The minimum absolute atomic E-state index is 0.244. The number of carbonyl (C=O) groups is 1. The van der Waals surface area contributed by atoms with Gasteiger partial charge in [-0.05, 0) is 43.9 Å². The van der Waals surface area contributed by atoms with E-state index in [1.165, 1.54) is 6.42 Å². The minimum atomic E-state index is 0.244. The molecule has 4 rings (SSSR count). The number of amides is 1. The van der Waals surface area contributed by atoms with E-state index in [-0.39, 0.29) is 17.9 Å². The lowest BCUT2D eigenvalue weighted by Gasteiger charge is -2.34. The quantitative estimate of drug-likeness (QED) is 0.925. The molecule has 1 N–H and O–H groups in total. The summed E-state index contributed by atoms with van der Waals surface area (Å²) in [6.45, 7) is 1.86. The lowest BCUT2D eigenvalue weighted by Crippen LogP contribution is -2.50. The molecule has 1 saturated carbocycles. The maximum atomic E-state index is 12.2. The molecule has 5 nitrogen and oxygen atoms in total. The summed E-state index contributed by atoms with van der Waals surface area (Å²) < 4.78 is 6.44. The summed E-state index contributed by atoms with van der Waals surface area (Å²) in [4.78, 5) is 19.3. The molecule has 1 aliphatic heterocycles. The highest BCUT2D eigenvalue weighted by molar-refractivity contribution is 7.22. The lowest BCUT2D eigenvalue weighted by atomic mass is 9.84. The Bertz CT molecular complexity index is 741. The molecule has 1 unspecified atom stereocenters. The molecule has 2 aromatic rings. The van der Waals surface area contributed by atoms with E-state index in [0.717, 1.165) is 59.9 Å². The van der Waals surface area contributed by atoms with Crippen molar-refractivity contribution in [2.45, 2.75) is 38.1 Å². The van der Waals surface area contributed by atoms with Crippen molar-refractivity contribution in [1.29, 1.82) is 0 Å². The molecule has 1 aromatic heterocycles. The van der Waals surface area contributed by atoms with E-state index in [9.17, 15) is 4.79 Å². The van der Waals surface area contributed by atoms with Crippen LogP contribution in [-0.2, 0) is 4.79 Å². The number of aromatic nitrogens is 1. The number of rotatable bonds is 4. The number of hydrogen-bond acceptors (Lipinski definition) is 5. The summed E-state index contributed by atoms with van der Waals surface area (Å²) in [6.07, 6.45) is 5.47. The second kappa shape index (κ2) is 6.59. The average Bonchev–Trinajstić information content (AvgIpc) is 2.96. The van der Waals surface area contributed by atoms with E-state index < -0.39 is 0 Å². The summed E-state index contributed by atoms with van der Waals surface area (Å²) in [5.41, 5.74) is 1.01. The first-order valence-electron chi connectivity index (χ1n) is 8.73. The third-order valence-electron chi connectivity index (χ3n) is 5.10. The Labute approximate surface area is 146 Å². The van der Waals surface area contributed by atoms with Crippen LogP contribution < -0.4 is 15.0 Å². The first kappa shape index (κ1) is 15.7. The summed E-state index contributed by atoms with van der Waals surface area (Å²) in [6, 6.07) is 6.24. The molecule has 2 aliphatic rings. The fraction of sp³-hybridized carbons (Fsp3) is 0.556. The van der Waals surface area contributed by atoms with E-state index in [2.05, 4.69) is 10.2 Å². The number of fused-ring (bicyclic) bond motifs is 1. The van der Waals surface area contributed by atoms with Gasteiger partial charge in [-0.15, -0.1) is 0 Å². The SMILES string of the molecule is COc1ccc2nc(N3CCCC(NC(=O)C4CCC4)C3)sc2c1. The fourth-order valence-electron chi connectivity index (χ4n) is 3.41. The number of methoxy groups -OCH3 is 1. The molecule has 6 heteroatoms. The van der Waals surface area contributed by atoms with Crippen molar-refractivity contribution in [2.24, 2.45) is 5.92 Å². The third-order valence-corrected chi connectivity index (χ3v) is 6.18. The van der Waals surface area contributed by atoms with Crippen molar-refractivity contribution in [3.63, 3.8) is 0 Å². The second-order valence-electron chi connectivity index (χ2n) is 6.75. The zero-order valence-electron chi connectivity index (χ0n) is 14.0. The molecule has 0 bridgehead atoms. The molecule has 1 amide bonds. The zero-order chi connectivity index (χ0) is 16.5. The molecule has 1 saturated heterocycles. The Morgan fingerprint density at radius 3 is 2.96 bits per heavy atom. The Balaban J connectivity index is 1.46. The van der Waals surface area contributed by atoms with E-state index in [1.54, 1.807) is 18.4 Å². The lowest BCUT2D eigenvalue weighted by molar-refractivity contribution is -0.128. The van der Waals surface area contributed by atoms with Crippen molar-refractivity contribution in [3.05, 3.63) is 18.2 Å². The molecular formula is C18H23N3O2S. The van der Waals surface area contributed by atoms with E-state index in [1.807, 2.05) is 18.2 Å². The number of hydrogen-bond donors (Lipinski definition) is 1. The first-order valence-corrected chi connectivity index (χ1v) is 9.54. The van der Waals surface area contributed by atoms with Crippen LogP contribution in [0.4, 0.5) is 5.13 Å². The molecule has 2 fully saturated rings. The van der Waals surface area contributed by atoms with Crippen LogP contribution in [0.5, 0.6) is 5.75 Å². The van der Waals surface area contributed by atoms with Crippen LogP contribution in [0.1, 0.15) is 32.1 Å². The highest BCUT2D eigenvalue weighted by Crippen LogP contribution is 2.33. The molecule has 2 heterocycles. The van der Waals surface area contributed by atoms with Crippen LogP contribution in [0, 0.1) is 5.92 Å². The molecule has 1 aliphatic carbocycles. The smallest absolute Gasteiger partial charge is 0.223 e. The number of nitrogens with one attached hydrogen (secondary N) is 1. The molecule has 1 atom stereocenters. The fourth-order valence-corrected chi connectivity index (χ4v) is 4.44. The van der Waals surface area contributed by atoms with Gasteiger partial charge < -0.3 is 15.0 Å². The Hall–Kier alpha value is -1.82. The van der Waals surface area contributed by atoms with Gasteiger partial charge in [0.2, 0.25) is 5.91 Å².